The minimum Gasteiger partial charge on any atom is -0.392 e. The number of thiocarbonyl (C=S) groups is 1. The Morgan fingerprint density at radius 2 is 1.80 bits per heavy atom. The quantitative estimate of drug-likeness (QED) is 0.839. The summed E-state index contributed by atoms with van der Waals surface area (Å²) in [7, 11) is 0. The van der Waals surface area contributed by atoms with Gasteiger partial charge in [0.15, 0.2) is 0 Å². The van der Waals surface area contributed by atoms with Crippen LogP contribution in [0.5, 0.6) is 0 Å². The first-order valence-corrected chi connectivity index (χ1v) is 7.08. The summed E-state index contributed by atoms with van der Waals surface area (Å²) in [6.45, 7) is 6.98. The highest BCUT2D eigenvalue weighted by Gasteiger charge is 2.33. The van der Waals surface area contributed by atoms with Gasteiger partial charge in [-0.25, -0.2) is 0 Å². The molecule has 0 aromatic carbocycles. The first-order chi connectivity index (χ1) is 9.43. The maximum atomic E-state index is 12.3. The van der Waals surface area contributed by atoms with Crippen molar-refractivity contribution in [2.45, 2.75) is 19.4 Å². The molecule has 1 aromatic rings. The standard InChI is InChI=1S/C14H20N4OS/c1-14(2,13(15)20)18-9-7-17(8-10-18)12(19)11-3-5-16-6-4-11/h3-6H,7-10H2,1-2H3,(H2,15,20). The summed E-state index contributed by atoms with van der Waals surface area (Å²) in [5.41, 5.74) is 6.17. The Morgan fingerprint density at radius 3 is 2.30 bits per heavy atom. The Balaban J connectivity index is 1.98. The zero-order chi connectivity index (χ0) is 14.8. The van der Waals surface area contributed by atoms with Crippen LogP contribution in [-0.2, 0) is 0 Å². The van der Waals surface area contributed by atoms with Gasteiger partial charge in [-0.05, 0) is 26.0 Å². The maximum absolute atomic E-state index is 12.3. The molecule has 1 fully saturated rings. The van der Waals surface area contributed by atoms with E-state index in [9.17, 15) is 4.79 Å². The molecule has 108 valence electrons. The number of amides is 1. The highest BCUT2D eigenvalue weighted by molar-refractivity contribution is 7.80. The van der Waals surface area contributed by atoms with Crippen molar-refractivity contribution in [1.82, 2.24) is 14.8 Å². The Hall–Kier alpha value is -1.53. The van der Waals surface area contributed by atoms with E-state index in [1.54, 1.807) is 24.5 Å². The fourth-order valence-electron chi connectivity index (χ4n) is 2.30. The lowest BCUT2D eigenvalue weighted by molar-refractivity contribution is 0.0539. The molecule has 2 rings (SSSR count). The molecule has 1 saturated heterocycles. The number of nitrogens with zero attached hydrogens (tertiary/aromatic N) is 3. The van der Waals surface area contributed by atoms with E-state index < -0.39 is 0 Å². The molecular weight excluding hydrogens is 272 g/mol. The zero-order valence-corrected chi connectivity index (χ0v) is 12.7. The van der Waals surface area contributed by atoms with Gasteiger partial charge < -0.3 is 10.6 Å². The van der Waals surface area contributed by atoms with Gasteiger partial charge >= 0.3 is 0 Å². The maximum Gasteiger partial charge on any atom is 0.254 e. The fourth-order valence-corrected chi connectivity index (χ4v) is 2.43. The summed E-state index contributed by atoms with van der Waals surface area (Å²) < 4.78 is 0. The molecule has 1 aliphatic heterocycles. The smallest absolute Gasteiger partial charge is 0.254 e. The third-order valence-electron chi connectivity index (χ3n) is 3.89. The molecule has 0 aliphatic carbocycles. The largest absolute Gasteiger partial charge is 0.392 e. The SMILES string of the molecule is CC(C)(C(N)=S)N1CCN(C(=O)c2ccncc2)CC1. The Bertz CT molecular complexity index is 495. The van der Waals surface area contributed by atoms with Crippen molar-refractivity contribution in [3.8, 4) is 0 Å². The molecule has 0 saturated carbocycles. The van der Waals surface area contributed by atoms with Gasteiger partial charge in [0.05, 0.1) is 10.5 Å². The van der Waals surface area contributed by atoms with E-state index in [1.807, 2.05) is 18.7 Å². The zero-order valence-electron chi connectivity index (χ0n) is 11.9. The molecular formula is C14H20N4OS. The van der Waals surface area contributed by atoms with Crippen LogP contribution >= 0.6 is 12.2 Å². The topological polar surface area (TPSA) is 62.5 Å². The van der Waals surface area contributed by atoms with Crippen LogP contribution in [-0.4, -0.2) is 57.4 Å². The third kappa shape index (κ3) is 2.96. The van der Waals surface area contributed by atoms with E-state index in [1.165, 1.54) is 0 Å². The Morgan fingerprint density at radius 1 is 1.25 bits per heavy atom. The second kappa shape index (κ2) is 5.85. The van der Waals surface area contributed by atoms with Gasteiger partial charge in [0, 0.05) is 44.1 Å². The van der Waals surface area contributed by atoms with Crippen LogP contribution < -0.4 is 5.73 Å². The van der Waals surface area contributed by atoms with Gasteiger partial charge in [-0.15, -0.1) is 0 Å². The number of hydrogen-bond acceptors (Lipinski definition) is 4. The second-order valence-corrected chi connectivity index (χ2v) is 5.88. The minimum atomic E-state index is -0.304. The number of rotatable bonds is 3. The van der Waals surface area contributed by atoms with E-state index >= 15 is 0 Å². The average Bonchev–Trinajstić information content (AvgIpc) is 2.47. The predicted molar refractivity (Wildman–Crippen MR) is 82.6 cm³/mol. The van der Waals surface area contributed by atoms with E-state index in [0.29, 0.717) is 23.6 Å². The molecule has 0 spiro atoms. The number of carbonyl (C=O) groups excluding carboxylic acids is 1. The van der Waals surface area contributed by atoms with Gasteiger partial charge in [-0.1, -0.05) is 12.2 Å². The molecule has 1 aliphatic rings. The van der Waals surface area contributed by atoms with Crippen LogP contribution in [0.15, 0.2) is 24.5 Å². The van der Waals surface area contributed by atoms with Crippen LogP contribution in [0.3, 0.4) is 0 Å². The number of aromatic nitrogens is 1. The Labute approximate surface area is 124 Å². The molecule has 2 heterocycles. The van der Waals surface area contributed by atoms with Gasteiger partial charge in [0.25, 0.3) is 5.91 Å². The molecule has 0 bridgehead atoms. The van der Waals surface area contributed by atoms with Gasteiger partial charge in [-0.3, -0.25) is 14.7 Å². The van der Waals surface area contributed by atoms with E-state index in [0.717, 1.165) is 13.1 Å². The van der Waals surface area contributed by atoms with Crippen molar-refractivity contribution in [2.75, 3.05) is 26.2 Å². The number of hydrogen-bond donors (Lipinski definition) is 1. The molecule has 2 N–H and O–H groups in total. The molecule has 0 radical (unpaired) electrons. The number of piperazine rings is 1. The average molecular weight is 292 g/mol. The summed E-state index contributed by atoms with van der Waals surface area (Å²) in [5.74, 6) is 0.0557. The predicted octanol–water partition coefficient (Wildman–Crippen LogP) is 0.904. The van der Waals surface area contributed by atoms with Gasteiger partial charge in [0.1, 0.15) is 0 Å². The minimum absolute atomic E-state index is 0.0557. The molecule has 5 nitrogen and oxygen atoms in total. The lowest BCUT2D eigenvalue weighted by Crippen LogP contribution is -2.59. The van der Waals surface area contributed by atoms with E-state index in [-0.39, 0.29) is 11.4 Å². The highest BCUT2D eigenvalue weighted by atomic mass is 32.1. The molecule has 1 amide bonds. The van der Waals surface area contributed by atoms with Crippen molar-refractivity contribution >= 4 is 23.1 Å². The molecule has 1 aromatic heterocycles. The van der Waals surface area contributed by atoms with E-state index in [2.05, 4.69) is 9.88 Å². The van der Waals surface area contributed by atoms with Crippen molar-refractivity contribution in [2.24, 2.45) is 5.73 Å². The summed E-state index contributed by atoms with van der Waals surface area (Å²) in [4.78, 5) is 20.8. The molecule has 20 heavy (non-hydrogen) atoms. The normalized spacial score (nSPS) is 17.0. The molecule has 0 unspecified atom stereocenters. The van der Waals surface area contributed by atoms with Crippen molar-refractivity contribution in [3.63, 3.8) is 0 Å². The van der Waals surface area contributed by atoms with Crippen LogP contribution in [0.1, 0.15) is 24.2 Å². The summed E-state index contributed by atoms with van der Waals surface area (Å²) in [5, 5.41) is 0. The van der Waals surface area contributed by atoms with Crippen molar-refractivity contribution in [3.05, 3.63) is 30.1 Å². The number of nitrogens with two attached hydrogens (primary N) is 1. The number of pyridine rings is 1. The van der Waals surface area contributed by atoms with Crippen molar-refractivity contribution < 1.29 is 4.79 Å². The lowest BCUT2D eigenvalue weighted by atomic mass is 10.0. The second-order valence-electron chi connectivity index (χ2n) is 5.44. The summed E-state index contributed by atoms with van der Waals surface area (Å²) >= 11 is 5.12. The molecule has 6 heteroatoms. The van der Waals surface area contributed by atoms with Gasteiger partial charge in [0.2, 0.25) is 0 Å². The summed E-state index contributed by atoms with van der Waals surface area (Å²) in [6, 6.07) is 3.49. The van der Waals surface area contributed by atoms with E-state index in [4.69, 9.17) is 18.0 Å². The van der Waals surface area contributed by atoms with Crippen molar-refractivity contribution in [1.29, 1.82) is 0 Å². The Kier molecular flexibility index (Phi) is 4.35. The van der Waals surface area contributed by atoms with Gasteiger partial charge in [-0.2, -0.15) is 0 Å². The monoisotopic (exact) mass is 292 g/mol. The van der Waals surface area contributed by atoms with Crippen LogP contribution in [0.2, 0.25) is 0 Å². The first-order valence-electron chi connectivity index (χ1n) is 6.67. The third-order valence-corrected chi connectivity index (χ3v) is 4.39. The highest BCUT2D eigenvalue weighted by Crippen LogP contribution is 2.18. The van der Waals surface area contributed by atoms with Crippen LogP contribution in [0, 0.1) is 0 Å². The lowest BCUT2D eigenvalue weighted by Gasteiger charge is -2.43. The number of carbonyl (C=O) groups is 1. The van der Waals surface area contributed by atoms with Crippen LogP contribution in [0.4, 0.5) is 0 Å². The molecule has 0 atom stereocenters. The summed E-state index contributed by atoms with van der Waals surface area (Å²) in [6.07, 6.45) is 3.28. The fraction of sp³-hybridized carbons (Fsp3) is 0.500. The van der Waals surface area contributed by atoms with Crippen LogP contribution in [0.25, 0.3) is 0 Å². The first kappa shape index (κ1) is 14.9.